The van der Waals surface area contributed by atoms with E-state index >= 15 is 0 Å². The third-order valence-electron chi connectivity index (χ3n) is 2.57. The zero-order valence-electron chi connectivity index (χ0n) is 10.1. The van der Waals surface area contributed by atoms with E-state index in [1.165, 1.54) is 6.92 Å². The van der Waals surface area contributed by atoms with Crippen LogP contribution in [0.25, 0.3) is 10.8 Å². The lowest BCUT2D eigenvalue weighted by molar-refractivity contribution is -0.118. The van der Waals surface area contributed by atoms with Gasteiger partial charge in [-0.3, -0.25) is 9.59 Å². The summed E-state index contributed by atoms with van der Waals surface area (Å²) in [5.41, 5.74) is -0.116. The van der Waals surface area contributed by atoms with E-state index in [4.69, 9.17) is 0 Å². The van der Waals surface area contributed by atoms with E-state index in [2.05, 4.69) is 15.6 Å². The fraction of sp³-hybridized carbons (Fsp3) is 0.231. The van der Waals surface area contributed by atoms with E-state index < -0.39 is 0 Å². The van der Waals surface area contributed by atoms with Crippen LogP contribution < -0.4 is 16.2 Å². The monoisotopic (exact) mass is 245 g/mol. The number of nitrogens with one attached hydrogen (secondary N) is 3. The summed E-state index contributed by atoms with van der Waals surface area (Å²) in [5.74, 6) is 0.591. The van der Waals surface area contributed by atoms with Gasteiger partial charge in [-0.05, 0) is 17.5 Å². The SMILES string of the molecule is CC(=O)NCCNc1cc2ccccc2c(=O)[nH]1. The number of benzene rings is 1. The maximum Gasteiger partial charge on any atom is 0.257 e. The number of rotatable bonds is 4. The van der Waals surface area contributed by atoms with Crippen molar-refractivity contribution in [2.24, 2.45) is 0 Å². The van der Waals surface area contributed by atoms with Gasteiger partial charge in [0.25, 0.3) is 5.56 Å². The van der Waals surface area contributed by atoms with Gasteiger partial charge < -0.3 is 15.6 Å². The van der Waals surface area contributed by atoms with E-state index in [-0.39, 0.29) is 11.5 Å². The molecule has 0 unspecified atom stereocenters. The van der Waals surface area contributed by atoms with E-state index in [1.54, 1.807) is 6.07 Å². The quantitative estimate of drug-likeness (QED) is 0.705. The second-order valence-electron chi connectivity index (χ2n) is 4.01. The number of pyridine rings is 1. The summed E-state index contributed by atoms with van der Waals surface area (Å²) in [6.07, 6.45) is 0. The number of hydrogen-bond donors (Lipinski definition) is 3. The first kappa shape index (κ1) is 12.2. The van der Waals surface area contributed by atoms with Crippen molar-refractivity contribution in [2.45, 2.75) is 6.92 Å². The van der Waals surface area contributed by atoms with Crippen molar-refractivity contribution < 1.29 is 4.79 Å². The van der Waals surface area contributed by atoms with Crippen molar-refractivity contribution in [3.63, 3.8) is 0 Å². The van der Waals surface area contributed by atoms with Gasteiger partial charge in [0.1, 0.15) is 5.82 Å². The van der Waals surface area contributed by atoms with Crippen LogP contribution in [-0.4, -0.2) is 24.0 Å². The van der Waals surface area contributed by atoms with Crippen molar-refractivity contribution in [2.75, 3.05) is 18.4 Å². The molecule has 0 atom stereocenters. The zero-order valence-corrected chi connectivity index (χ0v) is 10.1. The second kappa shape index (κ2) is 5.35. The summed E-state index contributed by atoms with van der Waals surface area (Å²) < 4.78 is 0. The van der Waals surface area contributed by atoms with Gasteiger partial charge in [0.05, 0.1) is 0 Å². The van der Waals surface area contributed by atoms with Crippen molar-refractivity contribution in [3.05, 3.63) is 40.7 Å². The van der Waals surface area contributed by atoms with Gasteiger partial charge in [0.2, 0.25) is 5.91 Å². The Labute approximate surface area is 104 Å². The molecule has 0 aliphatic heterocycles. The topological polar surface area (TPSA) is 74.0 Å². The standard InChI is InChI=1S/C13H15N3O2/c1-9(17)14-6-7-15-12-8-10-4-2-3-5-11(10)13(18)16-12/h2-5,8H,6-7H2,1H3,(H,14,17)(H2,15,16,18). The molecule has 0 aliphatic rings. The first-order chi connectivity index (χ1) is 8.66. The maximum atomic E-state index is 11.8. The average Bonchev–Trinajstić information content (AvgIpc) is 2.35. The van der Waals surface area contributed by atoms with Crippen molar-refractivity contribution in [1.29, 1.82) is 0 Å². The predicted molar refractivity (Wildman–Crippen MR) is 71.7 cm³/mol. The number of carbonyl (C=O) groups excluding carboxylic acids is 1. The molecule has 18 heavy (non-hydrogen) atoms. The number of anilines is 1. The first-order valence-corrected chi connectivity index (χ1v) is 5.77. The Bertz CT molecular complexity index is 619. The van der Waals surface area contributed by atoms with Crippen molar-refractivity contribution >= 4 is 22.5 Å². The third kappa shape index (κ3) is 2.88. The molecule has 2 rings (SSSR count). The fourth-order valence-electron chi connectivity index (χ4n) is 1.74. The first-order valence-electron chi connectivity index (χ1n) is 5.77. The molecule has 5 heteroatoms. The van der Waals surface area contributed by atoms with Crippen LogP contribution in [0.2, 0.25) is 0 Å². The molecule has 1 heterocycles. The highest BCUT2D eigenvalue weighted by atomic mass is 16.1. The Kier molecular flexibility index (Phi) is 3.62. The molecule has 0 spiro atoms. The van der Waals surface area contributed by atoms with Crippen molar-refractivity contribution in [1.82, 2.24) is 10.3 Å². The van der Waals surface area contributed by atoms with Crippen molar-refractivity contribution in [3.8, 4) is 0 Å². The highest BCUT2D eigenvalue weighted by Gasteiger charge is 2.00. The molecule has 94 valence electrons. The molecule has 0 radical (unpaired) electrons. The summed E-state index contributed by atoms with van der Waals surface area (Å²) in [6.45, 7) is 2.55. The van der Waals surface area contributed by atoms with Crippen LogP contribution >= 0.6 is 0 Å². The number of amides is 1. The van der Waals surface area contributed by atoms with Crippen LogP contribution in [0.5, 0.6) is 0 Å². The molecule has 0 saturated heterocycles. The molecular weight excluding hydrogens is 230 g/mol. The molecule has 5 nitrogen and oxygen atoms in total. The van der Waals surface area contributed by atoms with E-state index in [0.29, 0.717) is 24.3 Å². The number of carbonyl (C=O) groups is 1. The Hall–Kier alpha value is -2.30. The molecule has 0 aliphatic carbocycles. The Morgan fingerprint density at radius 2 is 2.06 bits per heavy atom. The van der Waals surface area contributed by atoms with Crippen LogP contribution in [0.1, 0.15) is 6.92 Å². The minimum atomic E-state index is -0.116. The number of fused-ring (bicyclic) bond motifs is 1. The van der Waals surface area contributed by atoms with Crippen LogP contribution in [0.15, 0.2) is 35.1 Å². The van der Waals surface area contributed by atoms with Gasteiger partial charge in [-0.25, -0.2) is 0 Å². The van der Waals surface area contributed by atoms with E-state index in [1.807, 2.05) is 24.3 Å². The molecule has 1 aromatic heterocycles. The Morgan fingerprint density at radius 3 is 2.83 bits per heavy atom. The lowest BCUT2D eigenvalue weighted by atomic mass is 10.2. The minimum Gasteiger partial charge on any atom is -0.370 e. The predicted octanol–water partition coefficient (Wildman–Crippen LogP) is 1.08. The molecular formula is C13H15N3O2. The van der Waals surface area contributed by atoms with E-state index in [9.17, 15) is 9.59 Å². The van der Waals surface area contributed by atoms with Gasteiger partial charge >= 0.3 is 0 Å². The zero-order chi connectivity index (χ0) is 13.0. The summed E-state index contributed by atoms with van der Waals surface area (Å²) in [7, 11) is 0. The largest absolute Gasteiger partial charge is 0.370 e. The van der Waals surface area contributed by atoms with E-state index in [0.717, 1.165) is 5.39 Å². The highest BCUT2D eigenvalue weighted by Crippen LogP contribution is 2.12. The molecule has 1 aromatic carbocycles. The lowest BCUT2D eigenvalue weighted by Crippen LogP contribution is -2.26. The van der Waals surface area contributed by atoms with Gasteiger partial charge in [0, 0.05) is 25.4 Å². The summed E-state index contributed by atoms with van der Waals surface area (Å²) in [5, 5.41) is 7.30. The summed E-state index contributed by atoms with van der Waals surface area (Å²) in [4.78, 5) is 25.2. The third-order valence-corrected chi connectivity index (χ3v) is 2.57. The smallest absolute Gasteiger partial charge is 0.257 e. The van der Waals surface area contributed by atoms with Gasteiger partial charge in [-0.2, -0.15) is 0 Å². The summed E-state index contributed by atoms with van der Waals surface area (Å²) in [6, 6.07) is 9.29. The number of hydrogen-bond acceptors (Lipinski definition) is 3. The van der Waals surface area contributed by atoms with Crippen LogP contribution in [0.4, 0.5) is 5.82 Å². The van der Waals surface area contributed by atoms with Gasteiger partial charge in [-0.15, -0.1) is 0 Å². The molecule has 3 N–H and O–H groups in total. The summed E-state index contributed by atoms with van der Waals surface area (Å²) >= 11 is 0. The van der Waals surface area contributed by atoms with Crippen LogP contribution in [0, 0.1) is 0 Å². The highest BCUT2D eigenvalue weighted by molar-refractivity contribution is 5.83. The number of H-pyrrole nitrogens is 1. The van der Waals surface area contributed by atoms with Gasteiger partial charge in [-0.1, -0.05) is 18.2 Å². The fourth-order valence-corrected chi connectivity index (χ4v) is 1.74. The number of aromatic amines is 1. The maximum absolute atomic E-state index is 11.8. The second-order valence-corrected chi connectivity index (χ2v) is 4.01. The number of aromatic nitrogens is 1. The average molecular weight is 245 g/mol. The Morgan fingerprint density at radius 1 is 1.28 bits per heavy atom. The normalized spacial score (nSPS) is 10.3. The molecule has 0 saturated carbocycles. The van der Waals surface area contributed by atoms with Crippen LogP contribution in [-0.2, 0) is 4.79 Å². The van der Waals surface area contributed by atoms with Crippen LogP contribution in [0.3, 0.4) is 0 Å². The molecule has 1 amide bonds. The molecule has 0 fully saturated rings. The minimum absolute atomic E-state index is 0.0659. The lowest BCUT2D eigenvalue weighted by Gasteiger charge is -2.07. The Balaban J connectivity index is 2.10. The molecule has 2 aromatic rings. The molecule has 0 bridgehead atoms. The van der Waals surface area contributed by atoms with Gasteiger partial charge in [0.15, 0.2) is 0 Å².